The van der Waals surface area contributed by atoms with E-state index in [0.717, 1.165) is 11.8 Å². The highest BCUT2D eigenvalue weighted by molar-refractivity contribution is 8.00. The van der Waals surface area contributed by atoms with E-state index in [9.17, 15) is 19.7 Å². The van der Waals surface area contributed by atoms with Crippen LogP contribution in [-0.4, -0.2) is 50.9 Å². The van der Waals surface area contributed by atoms with Crippen LogP contribution in [-0.2, 0) is 9.59 Å². The van der Waals surface area contributed by atoms with Crippen LogP contribution in [0.2, 0.25) is 0 Å². The number of nitro groups is 1. The van der Waals surface area contributed by atoms with E-state index in [1.807, 2.05) is 0 Å². The number of hydrogen-bond acceptors (Lipinski definition) is 7. The summed E-state index contributed by atoms with van der Waals surface area (Å²) in [7, 11) is 0. The molecular weight excluding hydrogens is 332 g/mol. The molecule has 0 aromatic heterocycles. The Morgan fingerprint density at radius 2 is 2.00 bits per heavy atom. The molecule has 10 heteroatoms. The van der Waals surface area contributed by atoms with Gasteiger partial charge in [0.25, 0.3) is 5.69 Å². The predicted octanol–water partition coefficient (Wildman–Crippen LogP) is 1.44. The molecule has 0 bridgehead atoms. The predicted molar refractivity (Wildman–Crippen MR) is 84.5 cm³/mol. The first-order valence-corrected chi connectivity index (χ1v) is 8.19. The molecule has 0 saturated heterocycles. The number of non-ortho nitro benzene ring substituents is 1. The summed E-state index contributed by atoms with van der Waals surface area (Å²) in [6.45, 7) is -0.0686. The molecule has 0 atom stereocenters. The fraction of sp³-hybridized carbons (Fsp3) is 0.333. The van der Waals surface area contributed by atoms with Crippen molar-refractivity contribution in [3.63, 3.8) is 0 Å². The Bertz CT molecular complexity index is 567. The lowest BCUT2D eigenvalue weighted by Crippen LogP contribution is -2.15. The summed E-state index contributed by atoms with van der Waals surface area (Å²) in [6, 6.07) is 4.14. The lowest BCUT2D eigenvalue weighted by Gasteiger charge is -2.07. The number of carboxylic acid groups (broad SMARTS) is 1. The standard InChI is InChI=1S/C12H14N2O6S2/c15-1-2-22-10-4-8(3-9(5-10)14(19)20)13-11(16)6-21-7-12(17)18/h3-5,15H,1-2,6-7H2,(H,13,16)(H,17,18). The summed E-state index contributed by atoms with van der Waals surface area (Å²) in [6.07, 6.45) is 0. The van der Waals surface area contributed by atoms with Crippen molar-refractivity contribution < 1.29 is 24.7 Å². The van der Waals surface area contributed by atoms with Gasteiger partial charge < -0.3 is 15.5 Å². The number of thioether (sulfide) groups is 2. The SMILES string of the molecule is O=C(O)CSCC(=O)Nc1cc(SCCO)cc([N+](=O)[O-])c1. The number of hydrogen-bond donors (Lipinski definition) is 3. The fourth-order valence-corrected chi connectivity index (χ4v) is 2.71. The van der Waals surface area contributed by atoms with Gasteiger partial charge in [-0.1, -0.05) is 0 Å². The minimum Gasteiger partial charge on any atom is -0.481 e. The van der Waals surface area contributed by atoms with E-state index >= 15 is 0 Å². The molecule has 120 valence electrons. The molecular formula is C12H14N2O6S2. The molecule has 1 rings (SSSR count). The number of aliphatic carboxylic acids is 1. The van der Waals surface area contributed by atoms with Gasteiger partial charge in [-0.05, 0) is 6.07 Å². The van der Waals surface area contributed by atoms with Gasteiger partial charge in [0, 0.05) is 28.5 Å². The zero-order chi connectivity index (χ0) is 16.5. The second-order valence-electron chi connectivity index (χ2n) is 3.98. The average molecular weight is 346 g/mol. The second kappa shape index (κ2) is 9.28. The number of carbonyl (C=O) groups excluding carboxylic acids is 1. The van der Waals surface area contributed by atoms with E-state index in [1.54, 1.807) is 6.07 Å². The zero-order valence-corrected chi connectivity index (χ0v) is 13.0. The van der Waals surface area contributed by atoms with Gasteiger partial charge in [-0.25, -0.2) is 0 Å². The van der Waals surface area contributed by atoms with Crippen LogP contribution in [0.25, 0.3) is 0 Å². The molecule has 1 aromatic rings. The van der Waals surface area contributed by atoms with Crippen molar-refractivity contribution in [2.24, 2.45) is 0 Å². The summed E-state index contributed by atoms with van der Waals surface area (Å²) >= 11 is 2.16. The van der Waals surface area contributed by atoms with E-state index in [4.69, 9.17) is 10.2 Å². The van der Waals surface area contributed by atoms with Crippen LogP contribution < -0.4 is 5.32 Å². The molecule has 3 N–H and O–H groups in total. The van der Waals surface area contributed by atoms with Crippen LogP contribution in [0.3, 0.4) is 0 Å². The number of anilines is 1. The molecule has 1 amide bonds. The van der Waals surface area contributed by atoms with Gasteiger partial charge in [0.1, 0.15) is 0 Å². The molecule has 0 aliphatic carbocycles. The van der Waals surface area contributed by atoms with E-state index in [2.05, 4.69) is 5.32 Å². The molecule has 0 fully saturated rings. The van der Waals surface area contributed by atoms with Gasteiger partial charge in [0.05, 0.1) is 23.0 Å². The number of carbonyl (C=O) groups is 2. The van der Waals surface area contributed by atoms with E-state index < -0.39 is 16.8 Å². The molecule has 0 saturated carbocycles. The summed E-state index contributed by atoms with van der Waals surface area (Å²) in [5.41, 5.74) is 0.0898. The number of nitrogens with zero attached hydrogens (tertiary/aromatic N) is 1. The van der Waals surface area contributed by atoms with Gasteiger partial charge in [-0.3, -0.25) is 19.7 Å². The fourth-order valence-electron chi connectivity index (χ4n) is 1.44. The smallest absolute Gasteiger partial charge is 0.313 e. The Morgan fingerprint density at radius 1 is 1.27 bits per heavy atom. The van der Waals surface area contributed by atoms with Crippen molar-refractivity contribution in [2.75, 3.05) is 29.2 Å². The number of rotatable bonds is 9. The summed E-state index contributed by atoms with van der Waals surface area (Å²) < 4.78 is 0. The van der Waals surface area contributed by atoms with Crippen LogP contribution in [0.1, 0.15) is 0 Å². The van der Waals surface area contributed by atoms with Crippen molar-refractivity contribution >= 4 is 46.8 Å². The van der Waals surface area contributed by atoms with Crippen LogP contribution in [0, 0.1) is 10.1 Å². The highest BCUT2D eigenvalue weighted by Crippen LogP contribution is 2.27. The highest BCUT2D eigenvalue weighted by atomic mass is 32.2. The van der Waals surface area contributed by atoms with E-state index in [0.29, 0.717) is 10.6 Å². The minimum absolute atomic E-state index is 0.0614. The van der Waals surface area contributed by atoms with Gasteiger partial charge in [0.15, 0.2) is 0 Å². The van der Waals surface area contributed by atoms with Crippen LogP contribution >= 0.6 is 23.5 Å². The first kappa shape index (κ1) is 18.3. The monoisotopic (exact) mass is 346 g/mol. The molecule has 0 aliphatic heterocycles. The van der Waals surface area contributed by atoms with Gasteiger partial charge in [-0.2, -0.15) is 0 Å². The first-order valence-electron chi connectivity index (χ1n) is 6.05. The van der Waals surface area contributed by atoms with Crippen molar-refractivity contribution in [1.82, 2.24) is 0 Å². The molecule has 0 radical (unpaired) electrons. The van der Waals surface area contributed by atoms with Gasteiger partial charge in [0.2, 0.25) is 5.91 Å². The lowest BCUT2D eigenvalue weighted by molar-refractivity contribution is -0.385. The normalized spacial score (nSPS) is 10.2. The molecule has 0 unspecified atom stereocenters. The Hall–Kier alpha value is -1.78. The third kappa shape index (κ3) is 6.78. The Balaban J connectivity index is 2.75. The summed E-state index contributed by atoms with van der Waals surface area (Å²) in [5.74, 6) is -1.34. The Kier molecular flexibility index (Phi) is 7.71. The molecule has 0 aliphatic rings. The van der Waals surface area contributed by atoms with E-state index in [-0.39, 0.29) is 29.5 Å². The number of nitro benzene ring substituents is 1. The minimum atomic E-state index is -1.02. The number of benzene rings is 1. The largest absolute Gasteiger partial charge is 0.481 e. The summed E-state index contributed by atoms with van der Waals surface area (Å²) in [5, 5.41) is 30.6. The maximum absolute atomic E-state index is 11.7. The average Bonchev–Trinajstić information content (AvgIpc) is 2.44. The molecule has 0 spiro atoms. The van der Waals surface area contributed by atoms with Crippen molar-refractivity contribution in [1.29, 1.82) is 0 Å². The van der Waals surface area contributed by atoms with Gasteiger partial charge >= 0.3 is 5.97 Å². The van der Waals surface area contributed by atoms with Crippen LogP contribution in [0.5, 0.6) is 0 Å². The number of aliphatic hydroxyl groups excluding tert-OH is 1. The zero-order valence-electron chi connectivity index (χ0n) is 11.4. The number of carboxylic acids is 1. The number of amides is 1. The first-order chi connectivity index (χ1) is 10.4. The highest BCUT2D eigenvalue weighted by Gasteiger charge is 2.12. The molecule has 8 nitrogen and oxygen atoms in total. The van der Waals surface area contributed by atoms with Crippen molar-refractivity contribution in [2.45, 2.75) is 4.90 Å². The lowest BCUT2D eigenvalue weighted by atomic mass is 10.3. The maximum Gasteiger partial charge on any atom is 0.313 e. The quantitative estimate of drug-likeness (QED) is 0.348. The van der Waals surface area contributed by atoms with Gasteiger partial charge in [-0.15, -0.1) is 23.5 Å². The molecule has 22 heavy (non-hydrogen) atoms. The number of aliphatic hydroxyl groups is 1. The molecule has 1 aromatic carbocycles. The molecule has 0 heterocycles. The van der Waals surface area contributed by atoms with Crippen LogP contribution in [0.15, 0.2) is 23.1 Å². The second-order valence-corrected chi connectivity index (χ2v) is 6.13. The van der Waals surface area contributed by atoms with Crippen molar-refractivity contribution in [3.8, 4) is 0 Å². The summed E-state index contributed by atoms with van der Waals surface area (Å²) in [4.78, 5) is 32.9. The Labute approximate surface area is 134 Å². The van der Waals surface area contributed by atoms with E-state index in [1.165, 1.54) is 23.9 Å². The van der Waals surface area contributed by atoms with Crippen molar-refractivity contribution in [3.05, 3.63) is 28.3 Å². The third-order valence-corrected chi connectivity index (χ3v) is 4.08. The Morgan fingerprint density at radius 3 is 2.59 bits per heavy atom. The third-order valence-electron chi connectivity index (χ3n) is 2.20. The maximum atomic E-state index is 11.7. The topological polar surface area (TPSA) is 130 Å². The van der Waals surface area contributed by atoms with Crippen LogP contribution in [0.4, 0.5) is 11.4 Å². The number of nitrogens with one attached hydrogen (secondary N) is 1.